The van der Waals surface area contributed by atoms with E-state index in [4.69, 9.17) is 5.73 Å². The predicted octanol–water partition coefficient (Wildman–Crippen LogP) is 3.41. The monoisotopic (exact) mass is 279 g/mol. The van der Waals surface area contributed by atoms with Crippen LogP contribution in [0.25, 0.3) is 0 Å². The molecule has 3 N–H and O–H groups in total. The van der Waals surface area contributed by atoms with E-state index in [0.29, 0.717) is 12.5 Å². The van der Waals surface area contributed by atoms with Gasteiger partial charge < -0.3 is 11.1 Å². The van der Waals surface area contributed by atoms with Crippen molar-refractivity contribution in [3.63, 3.8) is 0 Å². The number of nitrogens with one attached hydrogen (secondary N) is 1. The molecule has 0 heterocycles. The van der Waals surface area contributed by atoms with Crippen molar-refractivity contribution in [2.75, 3.05) is 5.32 Å². The molecule has 2 aromatic rings. The van der Waals surface area contributed by atoms with Gasteiger partial charge in [0.25, 0.3) is 0 Å². The first kappa shape index (κ1) is 13.7. The van der Waals surface area contributed by atoms with Crippen LogP contribution in [-0.2, 0) is 19.4 Å². The molecular formula is C18H21N3. The quantitative estimate of drug-likeness (QED) is 0.668. The zero-order valence-corrected chi connectivity index (χ0v) is 12.4. The van der Waals surface area contributed by atoms with E-state index in [9.17, 15) is 0 Å². The van der Waals surface area contributed by atoms with Crippen LogP contribution in [0.5, 0.6) is 0 Å². The van der Waals surface area contributed by atoms with Crippen molar-refractivity contribution in [2.45, 2.75) is 32.7 Å². The number of nitrogens with two attached hydrogens (primary N) is 1. The SMILES string of the molecule is Cc1ccc(CN=C(N)Nc2ccc3c(c2)CCC3)cc1. The smallest absolute Gasteiger partial charge is 0.193 e. The summed E-state index contributed by atoms with van der Waals surface area (Å²) in [6, 6.07) is 14.8. The largest absolute Gasteiger partial charge is 0.370 e. The number of guanidine groups is 1. The van der Waals surface area contributed by atoms with Gasteiger partial charge in [-0.05, 0) is 55.0 Å². The summed E-state index contributed by atoms with van der Waals surface area (Å²) < 4.78 is 0. The third kappa shape index (κ3) is 3.43. The number of aryl methyl sites for hydroxylation is 3. The molecule has 0 radical (unpaired) electrons. The van der Waals surface area contributed by atoms with Gasteiger partial charge >= 0.3 is 0 Å². The number of fused-ring (bicyclic) bond motifs is 1. The van der Waals surface area contributed by atoms with Gasteiger partial charge in [-0.2, -0.15) is 0 Å². The molecule has 2 aromatic carbocycles. The summed E-state index contributed by atoms with van der Waals surface area (Å²) in [5.41, 5.74) is 12.3. The van der Waals surface area contributed by atoms with Crippen molar-refractivity contribution in [1.82, 2.24) is 0 Å². The fraction of sp³-hybridized carbons (Fsp3) is 0.278. The number of aliphatic imine (C=N–C) groups is 1. The minimum atomic E-state index is 0.466. The van der Waals surface area contributed by atoms with Crippen LogP contribution in [0.2, 0.25) is 0 Å². The zero-order chi connectivity index (χ0) is 14.7. The maximum absolute atomic E-state index is 5.97. The number of benzene rings is 2. The first-order chi connectivity index (χ1) is 10.2. The average molecular weight is 279 g/mol. The summed E-state index contributed by atoms with van der Waals surface area (Å²) in [6.45, 7) is 2.68. The maximum Gasteiger partial charge on any atom is 0.193 e. The van der Waals surface area contributed by atoms with E-state index in [1.807, 2.05) is 0 Å². The molecule has 0 atom stereocenters. The van der Waals surface area contributed by atoms with Crippen LogP contribution in [0.4, 0.5) is 5.69 Å². The van der Waals surface area contributed by atoms with Crippen LogP contribution >= 0.6 is 0 Å². The molecule has 0 bridgehead atoms. The van der Waals surface area contributed by atoms with Gasteiger partial charge in [-0.25, -0.2) is 4.99 Å². The van der Waals surface area contributed by atoms with Crippen LogP contribution < -0.4 is 11.1 Å². The topological polar surface area (TPSA) is 50.4 Å². The van der Waals surface area contributed by atoms with E-state index in [0.717, 1.165) is 5.69 Å². The average Bonchev–Trinajstić information content (AvgIpc) is 2.94. The van der Waals surface area contributed by atoms with Gasteiger partial charge in [0, 0.05) is 5.69 Å². The van der Waals surface area contributed by atoms with Crippen molar-refractivity contribution < 1.29 is 0 Å². The van der Waals surface area contributed by atoms with Gasteiger partial charge in [0.15, 0.2) is 5.96 Å². The molecule has 1 aliphatic carbocycles. The third-order valence-corrected chi connectivity index (χ3v) is 3.92. The molecule has 1 aliphatic rings. The number of nitrogens with zero attached hydrogens (tertiary/aromatic N) is 1. The molecule has 0 saturated heterocycles. The Labute approximate surface area is 125 Å². The summed E-state index contributed by atoms with van der Waals surface area (Å²) in [4.78, 5) is 4.40. The highest BCUT2D eigenvalue weighted by molar-refractivity contribution is 5.92. The summed E-state index contributed by atoms with van der Waals surface area (Å²) in [7, 11) is 0. The normalized spacial score (nSPS) is 14.0. The molecule has 108 valence electrons. The molecule has 21 heavy (non-hydrogen) atoms. The summed E-state index contributed by atoms with van der Waals surface area (Å²) in [6.07, 6.45) is 3.63. The number of hydrogen-bond acceptors (Lipinski definition) is 1. The van der Waals surface area contributed by atoms with E-state index in [2.05, 4.69) is 59.7 Å². The fourth-order valence-electron chi connectivity index (χ4n) is 2.71. The van der Waals surface area contributed by atoms with E-state index in [1.54, 1.807) is 0 Å². The summed E-state index contributed by atoms with van der Waals surface area (Å²) in [5.74, 6) is 0.466. The second kappa shape index (κ2) is 6.00. The van der Waals surface area contributed by atoms with Crippen LogP contribution in [0.1, 0.15) is 28.7 Å². The van der Waals surface area contributed by atoms with Crippen LogP contribution in [0.3, 0.4) is 0 Å². The Kier molecular flexibility index (Phi) is 3.91. The Morgan fingerprint density at radius 1 is 1.10 bits per heavy atom. The first-order valence-electron chi connectivity index (χ1n) is 7.45. The Hall–Kier alpha value is -2.29. The zero-order valence-electron chi connectivity index (χ0n) is 12.4. The summed E-state index contributed by atoms with van der Waals surface area (Å²) in [5, 5.41) is 3.18. The van der Waals surface area contributed by atoms with Crippen molar-refractivity contribution in [3.8, 4) is 0 Å². The molecule has 3 heteroatoms. The van der Waals surface area contributed by atoms with Gasteiger partial charge in [-0.3, -0.25) is 0 Å². The van der Waals surface area contributed by atoms with Crippen LogP contribution in [0.15, 0.2) is 47.5 Å². The molecule has 0 aliphatic heterocycles. The molecule has 0 fully saturated rings. The first-order valence-corrected chi connectivity index (χ1v) is 7.45. The highest BCUT2D eigenvalue weighted by Gasteiger charge is 2.10. The van der Waals surface area contributed by atoms with Crippen molar-refractivity contribution in [2.24, 2.45) is 10.7 Å². The molecule has 0 saturated carbocycles. The van der Waals surface area contributed by atoms with Crippen molar-refractivity contribution >= 4 is 11.6 Å². The second-order valence-electron chi connectivity index (χ2n) is 5.65. The summed E-state index contributed by atoms with van der Waals surface area (Å²) >= 11 is 0. The highest BCUT2D eigenvalue weighted by Crippen LogP contribution is 2.24. The lowest BCUT2D eigenvalue weighted by Crippen LogP contribution is -2.22. The van der Waals surface area contributed by atoms with E-state index >= 15 is 0 Å². The number of anilines is 1. The number of hydrogen-bond donors (Lipinski definition) is 2. The Morgan fingerprint density at radius 3 is 2.67 bits per heavy atom. The van der Waals surface area contributed by atoms with Gasteiger partial charge in [-0.15, -0.1) is 0 Å². The lowest BCUT2D eigenvalue weighted by atomic mass is 10.1. The molecular weight excluding hydrogens is 258 g/mol. The second-order valence-corrected chi connectivity index (χ2v) is 5.65. The van der Waals surface area contributed by atoms with Crippen molar-refractivity contribution in [3.05, 3.63) is 64.7 Å². The number of rotatable bonds is 3. The minimum absolute atomic E-state index is 0.466. The molecule has 3 nitrogen and oxygen atoms in total. The molecule has 0 amide bonds. The van der Waals surface area contributed by atoms with E-state index < -0.39 is 0 Å². The third-order valence-electron chi connectivity index (χ3n) is 3.92. The van der Waals surface area contributed by atoms with E-state index in [-0.39, 0.29) is 0 Å². The van der Waals surface area contributed by atoms with Crippen LogP contribution in [0, 0.1) is 6.92 Å². The molecule has 3 rings (SSSR count). The Balaban J connectivity index is 1.64. The molecule has 0 aromatic heterocycles. The van der Waals surface area contributed by atoms with Gasteiger partial charge in [0.1, 0.15) is 0 Å². The minimum Gasteiger partial charge on any atom is -0.370 e. The lowest BCUT2D eigenvalue weighted by molar-refractivity contribution is 0.912. The fourth-order valence-corrected chi connectivity index (χ4v) is 2.71. The van der Waals surface area contributed by atoms with Crippen LogP contribution in [-0.4, -0.2) is 5.96 Å². The highest BCUT2D eigenvalue weighted by atomic mass is 15.1. The van der Waals surface area contributed by atoms with E-state index in [1.165, 1.54) is 41.5 Å². The van der Waals surface area contributed by atoms with Gasteiger partial charge in [-0.1, -0.05) is 35.9 Å². The Morgan fingerprint density at radius 2 is 1.86 bits per heavy atom. The molecule has 0 spiro atoms. The Bertz CT molecular complexity index is 657. The van der Waals surface area contributed by atoms with Gasteiger partial charge in [0.05, 0.1) is 6.54 Å². The standard InChI is InChI=1S/C18H21N3/c1-13-5-7-14(8-6-13)12-20-18(19)21-17-10-9-15-3-2-4-16(15)11-17/h5-11H,2-4,12H2,1H3,(H3,19,20,21). The predicted molar refractivity (Wildman–Crippen MR) is 88.6 cm³/mol. The molecule has 0 unspecified atom stereocenters. The van der Waals surface area contributed by atoms with Crippen molar-refractivity contribution in [1.29, 1.82) is 0 Å². The maximum atomic E-state index is 5.97. The lowest BCUT2D eigenvalue weighted by Gasteiger charge is -2.08. The van der Waals surface area contributed by atoms with Gasteiger partial charge in [0.2, 0.25) is 0 Å².